The van der Waals surface area contributed by atoms with Crippen molar-refractivity contribution in [2.24, 2.45) is 5.73 Å². The lowest BCUT2D eigenvalue weighted by molar-refractivity contribution is -0.116. The van der Waals surface area contributed by atoms with E-state index >= 15 is 0 Å². The van der Waals surface area contributed by atoms with Gasteiger partial charge in [-0.15, -0.1) is 0 Å². The highest BCUT2D eigenvalue weighted by Gasteiger charge is 2.33. The summed E-state index contributed by atoms with van der Waals surface area (Å²) in [6, 6.07) is 14.5. The van der Waals surface area contributed by atoms with Crippen molar-refractivity contribution in [3.05, 3.63) is 59.7 Å². The molecule has 0 aliphatic carbocycles. The molecule has 0 saturated heterocycles. The zero-order valence-corrected chi connectivity index (χ0v) is 12.7. The average molecular weight is 311 g/mol. The number of benzene rings is 2. The lowest BCUT2D eigenvalue weighted by Crippen LogP contribution is -2.49. The SMILES string of the molecule is COc1ccccc1[C@@H]1NC(=O)c2ccccc2N1CC(N)=O. The smallest absolute Gasteiger partial charge is 0.255 e. The molecule has 3 rings (SSSR count). The lowest BCUT2D eigenvalue weighted by Gasteiger charge is -2.38. The van der Waals surface area contributed by atoms with Gasteiger partial charge in [0.15, 0.2) is 0 Å². The number of carbonyl (C=O) groups is 2. The number of amides is 2. The first-order chi connectivity index (χ1) is 11.1. The van der Waals surface area contributed by atoms with E-state index in [1.807, 2.05) is 30.3 Å². The molecule has 0 saturated carbocycles. The van der Waals surface area contributed by atoms with Gasteiger partial charge in [0, 0.05) is 5.56 Å². The average Bonchev–Trinajstić information content (AvgIpc) is 2.57. The van der Waals surface area contributed by atoms with Crippen LogP contribution in [0.25, 0.3) is 0 Å². The van der Waals surface area contributed by atoms with Crippen molar-refractivity contribution in [1.29, 1.82) is 0 Å². The van der Waals surface area contributed by atoms with Crippen LogP contribution in [0.3, 0.4) is 0 Å². The Balaban J connectivity index is 2.12. The van der Waals surface area contributed by atoms with Crippen LogP contribution in [0.15, 0.2) is 48.5 Å². The van der Waals surface area contributed by atoms with E-state index < -0.39 is 12.1 Å². The molecule has 23 heavy (non-hydrogen) atoms. The Hall–Kier alpha value is -3.02. The third-order valence-corrected chi connectivity index (χ3v) is 3.80. The van der Waals surface area contributed by atoms with Gasteiger partial charge in [-0.3, -0.25) is 9.59 Å². The van der Waals surface area contributed by atoms with Crippen LogP contribution in [-0.4, -0.2) is 25.5 Å². The molecule has 2 aromatic rings. The second-order valence-electron chi connectivity index (χ2n) is 5.23. The molecule has 1 atom stereocenters. The molecule has 2 amide bonds. The third-order valence-electron chi connectivity index (χ3n) is 3.80. The first-order valence-electron chi connectivity index (χ1n) is 7.19. The van der Waals surface area contributed by atoms with E-state index in [-0.39, 0.29) is 12.5 Å². The minimum Gasteiger partial charge on any atom is -0.496 e. The summed E-state index contributed by atoms with van der Waals surface area (Å²) in [5, 5.41) is 2.92. The molecule has 0 radical (unpaired) electrons. The van der Waals surface area contributed by atoms with Gasteiger partial charge >= 0.3 is 0 Å². The second-order valence-corrected chi connectivity index (χ2v) is 5.23. The van der Waals surface area contributed by atoms with E-state index in [9.17, 15) is 9.59 Å². The van der Waals surface area contributed by atoms with Gasteiger partial charge in [0.25, 0.3) is 5.91 Å². The maximum atomic E-state index is 12.4. The van der Waals surface area contributed by atoms with Crippen LogP contribution in [0, 0.1) is 0 Å². The highest BCUT2D eigenvalue weighted by molar-refractivity contribution is 6.02. The Labute approximate surface area is 133 Å². The monoisotopic (exact) mass is 311 g/mol. The largest absolute Gasteiger partial charge is 0.496 e. The Kier molecular flexibility index (Phi) is 3.89. The molecular formula is C17H17N3O3. The number of ether oxygens (including phenoxy) is 1. The molecule has 118 valence electrons. The number of rotatable bonds is 4. The normalized spacial score (nSPS) is 16.5. The summed E-state index contributed by atoms with van der Waals surface area (Å²) in [4.78, 5) is 25.7. The van der Waals surface area contributed by atoms with Crippen molar-refractivity contribution in [1.82, 2.24) is 5.32 Å². The fourth-order valence-electron chi connectivity index (χ4n) is 2.82. The van der Waals surface area contributed by atoms with Crippen LogP contribution in [0.2, 0.25) is 0 Å². The number of anilines is 1. The zero-order chi connectivity index (χ0) is 16.4. The predicted octanol–water partition coefficient (Wildman–Crippen LogP) is 1.43. The molecule has 0 fully saturated rings. The number of fused-ring (bicyclic) bond motifs is 1. The summed E-state index contributed by atoms with van der Waals surface area (Å²) in [6.45, 7) is -0.0139. The molecule has 1 aliphatic heterocycles. The third kappa shape index (κ3) is 2.70. The van der Waals surface area contributed by atoms with Gasteiger partial charge in [0.2, 0.25) is 5.91 Å². The number of nitrogens with two attached hydrogens (primary N) is 1. The summed E-state index contributed by atoms with van der Waals surface area (Å²) < 4.78 is 5.38. The predicted molar refractivity (Wildman–Crippen MR) is 86.2 cm³/mol. The van der Waals surface area contributed by atoms with E-state index in [1.165, 1.54) is 0 Å². The zero-order valence-electron chi connectivity index (χ0n) is 12.7. The van der Waals surface area contributed by atoms with Crippen LogP contribution >= 0.6 is 0 Å². The molecule has 0 aromatic heterocycles. The molecule has 0 unspecified atom stereocenters. The minimum absolute atomic E-state index is 0.0139. The Morgan fingerprint density at radius 1 is 1.22 bits per heavy atom. The number of carbonyl (C=O) groups excluding carboxylic acids is 2. The number of methoxy groups -OCH3 is 1. The van der Waals surface area contributed by atoms with Crippen LogP contribution in [-0.2, 0) is 4.79 Å². The fourth-order valence-corrected chi connectivity index (χ4v) is 2.82. The molecular weight excluding hydrogens is 294 g/mol. The molecule has 1 heterocycles. The highest BCUT2D eigenvalue weighted by Crippen LogP contribution is 2.35. The number of hydrogen-bond donors (Lipinski definition) is 2. The van der Waals surface area contributed by atoms with Gasteiger partial charge in [-0.1, -0.05) is 30.3 Å². The number of nitrogens with one attached hydrogen (secondary N) is 1. The Morgan fingerprint density at radius 3 is 2.65 bits per heavy atom. The second kappa shape index (κ2) is 6.00. The number of para-hydroxylation sites is 2. The fraction of sp³-hybridized carbons (Fsp3) is 0.176. The van der Waals surface area contributed by atoms with Gasteiger partial charge in [-0.05, 0) is 18.2 Å². The molecule has 2 aromatic carbocycles. The maximum absolute atomic E-state index is 12.4. The van der Waals surface area contributed by atoms with Crippen molar-refractivity contribution in [2.75, 3.05) is 18.6 Å². The molecule has 0 spiro atoms. The molecule has 6 heteroatoms. The van der Waals surface area contributed by atoms with Crippen molar-refractivity contribution in [3.63, 3.8) is 0 Å². The summed E-state index contributed by atoms with van der Waals surface area (Å²) in [7, 11) is 1.57. The molecule has 6 nitrogen and oxygen atoms in total. The van der Waals surface area contributed by atoms with Crippen molar-refractivity contribution >= 4 is 17.5 Å². The van der Waals surface area contributed by atoms with Crippen molar-refractivity contribution in [3.8, 4) is 5.75 Å². The summed E-state index contributed by atoms with van der Waals surface area (Å²) in [5.74, 6) is -0.0419. The number of hydrogen-bond acceptors (Lipinski definition) is 4. The summed E-state index contributed by atoms with van der Waals surface area (Å²) >= 11 is 0. The first kappa shape index (κ1) is 14.9. The van der Waals surface area contributed by atoms with E-state index in [0.717, 1.165) is 5.56 Å². The van der Waals surface area contributed by atoms with Gasteiger partial charge in [0.05, 0.1) is 24.9 Å². The maximum Gasteiger partial charge on any atom is 0.255 e. The molecule has 1 aliphatic rings. The number of primary amides is 1. The van der Waals surface area contributed by atoms with Gasteiger partial charge < -0.3 is 20.7 Å². The highest BCUT2D eigenvalue weighted by atomic mass is 16.5. The Bertz CT molecular complexity index is 760. The first-order valence-corrected chi connectivity index (χ1v) is 7.19. The lowest BCUT2D eigenvalue weighted by atomic mass is 10.0. The van der Waals surface area contributed by atoms with Gasteiger partial charge in [0.1, 0.15) is 11.9 Å². The summed E-state index contributed by atoms with van der Waals surface area (Å²) in [6.07, 6.45) is -0.527. The van der Waals surface area contributed by atoms with Crippen LogP contribution in [0.5, 0.6) is 5.75 Å². The number of nitrogens with zero attached hydrogens (tertiary/aromatic N) is 1. The van der Waals surface area contributed by atoms with Crippen LogP contribution < -0.4 is 20.7 Å². The quantitative estimate of drug-likeness (QED) is 0.894. The van der Waals surface area contributed by atoms with E-state index in [4.69, 9.17) is 10.5 Å². The van der Waals surface area contributed by atoms with Gasteiger partial charge in [-0.2, -0.15) is 0 Å². The minimum atomic E-state index is -0.527. The van der Waals surface area contributed by atoms with E-state index in [1.54, 1.807) is 30.2 Å². The van der Waals surface area contributed by atoms with Crippen LogP contribution in [0.4, 0.5) is 5.69 Å². The van der Waals surface area contributed by atoms with E-state index in [0.29, 0.717) is 17.0 Å². The van der Waals surface area contributed by atoms with Crippen molar-refractivity contribution in [2.45, 2.75) is 6.17 Å². The van der Waals surface area contributed by atoms with Crippen LogP contribution in [0.1, 0.15) is 22.1 Å². The summed E-state index contributed by atoms with van der Waals surface area (Å²) in [5.41, 5.74) is 7.35. The topological polar surface area (TPSA) is 84.7 Å². The van der Waals surface area contributed by atoms with E-state index in [2.05, 4.69) is 5.32 Å². The Morgan fingerprint density at radius 2 is 1.91 bits per heavy atom. The molecule has 0 bridgehead atoms. The molecule has 3 N–H and O–H groups in total. The standard InChI is InChI=1S/C17H17N3O3/c1-23-14-9-5-3-7-12(14)16-19-17(22)11-6-2-4-8-13(11)20(16)10-15(18)21/h2-9,16H,10H2,1H3,(H2,18,21)(H,19,22)/t16-/m1/s1. The van der Waals surface area contributed by atoms with Gasteiger partial charge in [-0.25, -0.2) is 0 Å². The van der Waals surface area contributed by atoms with Crippen molar-refractivity contribution < 1.29 is 14.3 Å².